The lowest BCUT2D eigenvalue weighted by molar-refractivity contribution is 0.0600. The average Bonchev–Trinajstić information content (AvgIpc) is 2.57. The lowest BCUT2D eigenvalue weighted by atomic mass is 10.1. The lowest BCUT2D eigenvalue weighted by Gasteiger charge is -2.10. The molecule has 2 rings (SSSR count). The molecule has 1 heterocycles. The van der Waals surface area contributed by atoms with Gasteiger partial charge in [0.25, 0.3) is 0 Å². The fourth-order valence-electron chi connectivity index (χ4n) is 2.16. The normalized spacial score (nSPS) is 11.4. The summed E-state index contributed by atoms with van der Waals surface area (Å²) in [5, 5.41) is 0. The van der Waals surface area contributed by atoms with Gasteiger partial charge in [-0.1, -0.05) is 18.2 Å². The van der Waals surface area contributed by atoms with Crippen molar-refractivity contribution in [3.05, 3.63) is 59.0 Å². The molecule has 10 heteroatoms. The Kier molecular flexibility index (Phi) is 6.19. The number of hydrogen-bond donors (Lipinski definition) is 1. The van der Waals surface area contributed by atoms with Crippen molar-refractivity contribution in [2.24, 2.45) is 0 Å². The molecule has 0 spiro atoms. The zero-order valence-electron chi connectivity index (χ0n) is 13.6. The van der Waals surface area contributed by atoms with E-state index in [4.69, 9.17) is 0 Å². The molecule has 140 valence electrons. The Morgan fingerprint density at radius 2 is 1.92 bits per heavy atom. The van der Waals surface area contributed by atoms with Gasteiger partial charge in [0.2, 0.25) is 16.4 Å². The van der Waals surface area contributed by atoms with E-state index in [1.807, 2.05) is 0 Å². The van der Waals surface area contributed by atoms with E-state index in [1.54, 1.807) is 0 Å². The Morgan fingerprint density at radius 1 is 1.23 bits per heavy atom. The van der Waals surface area contributed by atoms with Gasteiger partial charge in [0.15, 0.2) is 0 Å². The van der Waals surface area contributed by atoms with Crippen LogP contribution in [0.5, 0.6) is 0 Å². The van der Waals surface area contributed by atoms with Crippen LogP contribution in [0.1, 0.15) is 21.5 Å². The van der Waals surface area contributed by atoms with Crippen LogP contribution in [0.15, 0.2) is 36.5 Å². The van der Waals surface area contributed by atoms with E-state index in [9.17, 15) is 26.4 Å². The number of aromatic nitrogens is 1. The lowest BCUT2D eigenvalue weighted by Crippen LogP contribution is -2.17. The van der Waals surface area contributed by atoms with Gasteiger partial charge in [-0.2, -0.15) is 0 Å². The fourth-order valence-corrected chi connectivity index (χ4v) is 3.31. The number of ether oxygens (including phenoxy) is 1. The minimum absolute atomic E-state index is 0.0817. The SMILES string of the molecule is COC(=O)c1ccc(NS(=O)(=O)Cc2cccc(CC(F)F)c2F)nc1. The van der Waals surface area contributed by atoms with Gasteiger partial charge < -0.3 is 4.74 Å². The van der Waals surface area contributed by atoms with Crippen LogP contribution in [0, 0.1) is 5.82 Å². The maximum Gasteiger partial charge on any atom is 0.339 e. The summed E-state index contributed by atoms with van der Waals surface area (Å²) in [7, 11) is -2.86. The summed E-state index contributed by atoms with van der Waals surface area (Å²) in [6.45, 7) is 0. The van der Waals surface area contributed by atoms with E-state index in [-0.39, 0.29) is 22.5 Å². The summed E-state index contributed by atoms with van der Waals surface area (Å²) in [6, 6.07) is 6.25. The molecule has 26 heavy (non-hydrogen) atoms. The highest BCUT2D eigenvalue weighted by Gasteiger charge is 2.19. The number of sulfonamides is 1. The number of carbonyl (C=O) groups excluding carboxylic acids is 1. The Bertz CT molecular complexity index is 887. The number of rotatable bonds is 7. The number of esters is 1. The smallest absolute Gasteiger partial charge is 0.339 e. The molecule has 0 radical (unpaired) electrons. The van der Waals surface area contributed by atoms with Gasteiger partial charge in [-0.05, 0) is 17.7 Å². The highest BCUT2D eigenvalue weighted by molar-refractivity contribution is 7.91. The van der Waals surface area contributed by atoms with Crippen molar-refractivity contribution in [3.8, 4) is 0 Å². The van der Waals surface area contributed by atoms with Crippen molar-refractivity contribution in [3.63, 3.8) is 0 Å². The molecular weight excluding hydrogens is 373 g/mol. The van der Waals surface area contributed by atoms with Crippen LogP contribution in [0.4, 0.5) is 19.0 Å². The molecule has 2 aromatic rings. The zero-order chi connectivity index (χ0) is 19.3. The Balaban J connectivity index is 2.15. The van der Waals surface area contributed by atoms with Crippen molar-refractivity contribution in [1.29, 1.82) is 0 Å². The maximum atomic E-state index is 14.2. The molecule has 0 unspecified atom stereocenters. The highest BCUT2D eigenvalue weighted by atomic mass is 32.2. The topological polar surface area (TPSA) is 85.4 Å². The highest BCUT2D eigenvalue weighted by Crippen LogP contribution is 2.19. The van der Waals surface area contributed by atoms with Gasteiger partial charge in [-0.25, -0.2) is 31.4 Å². The first-order valence-corrected chi connectivity index (χ1v) is 8.96. The van der Waals surface area contributed by atoms with E-state index in [0.29, 0.717) is 0 Å². The van der Waals surface area contributed by atoms with Crippen LogP contribution < -0.4 is 4.72 Å². The van der Waals surface area contributed by atoms with Crippen LogP contribution >= 0.6 is 0 Å². The number of pyridine rings is 1. The van der Waals surface area contributed by atoms with E-state index in [2.05, 4.69) is 14.4 Å². The first-order chi connectivity index (χ1) is 12.2. The third-order valence-electron chi connectivity index (χ3n) is 3.32. The third kappa shape index (κ3) is 5.19. The van der Waals surface area contributed by atoms with Crippen molar-refractivity contribution in [2.45, 2.75) is 18.6 Å². The standard InChI is InChI=1S/C16H15F3N2O4S/c1-25-16(22)11-5-6-14(20-8-11)21-26(23,24)9-12-4-2-3-10(15(12)19)7-13(17)18/h2-6,8,13H,7,9H2,1H3,(H,20,21). The van der Waals surface area contributed by atoms with Crippen LogP contribution in [0.2, 0.25) is 0 Å². The zero-order valence-corrected chi connectivity index (χ0v) is 14.4. The van der Waals surface area contributed by atoms with E-state index >= 15 is 0 Å². The summed E-state index contributed by atoms with van der Waals surface area (Å²) in [6.07, 6.45) is -2.43. The van der Waals surface area contributed by atoms with E-state index < -0.39 is 40.4 Å². The predicted molar refractivity (Wildman–Crippen MR) is 87.9 cm³/mol. The summed E-state index contributed by atoms with van der Waals surface area (Å²) in [5.41, 5.74) is -0.365. The Hall–Kier alpha value is -2.62. The summed E-state index contributed by atoms with van der Waals surface area (Å²) in [5.74, 6) is -2.45. The minimum atomic E-state index is -4.05. The number of alkyl halides is 2. The molecular formula is C16H15F3N2O4S. The summed E-state index contributed by atoms with van der Waals surface area (Å²) < 4.78 is 70.0. The Morgan fingerprint density at radius 3 is 2.50 bits per heavy atom. The fraction of sp³-hybridized carbons (Fsp3) is 0.250. The second kappa shape index (κ2) is 8.17. The molecule has 6 nitrogen and oxygen atoms in total. The summed E-state index contributed by atoms with van der Waals surface area (Å²) >= 11 is 0. The molecule has 0 amide bonds. The molecule has 0 aliphatic heterocycles. The number of carbonyl (C=O) groups is 1. The molecule has 0 aliphatic carbocycles. The molecule has 1 N–H and O–H groups in total. The second-order valence-electron chi connectivity index (χ2n) is 5.27. The number of nitrogens with one attached hydrogen (secondary N) is 1. The van der Waals surface area contributed by atoms with Crippen LogP contribution in [-0.2, 0) is 26.9 Å². The number of anilines is 1. The van der Waals surface area contributed by atoms with Gasteiger partial charge in [-0.3, -0.25) is 4.72 Å². The number of methoxy groups -OCH3 is 1. The number of hydrogen-bond acceptors (Lipinski definition) is 5. The van der Waals surface area contributed by atoms with Gasteiger partial charge in [0.1, 0.15) is 11.6 Å². The molecule has 0 saturated heterocycles. The minimum Gasteiger partial charge on any atom is -0.465 e. The van der Waals surface area contributed by atoms with Crippen LogP contribution in [0.25, 0.3) is 0 Å². The first kappa shape index (κ1) is 19.7. The second-order valence-corrected chi connectivity index (χ2v) is 6.99. The van der Waals surface area contributed by atoms with Gasteiger partial charge in [-0.15, -0.1) is 0 Å². The van der Waals surface area contributed by atoms with Crippen molar-refractivity contribution in [1.82, 2.24) is 4.98 Å². The van der Waals surface area contributed by atoms with Crippen LogP contribution in [-0.4, -0.2) is 32.9 Å². The largest absolute Gasteiger partial charge is 0.465 e. The maximum absolute atomic E-state index is 14.2. The monoisotopic (exact) mass is 388 g/mol. The molecule has 0 saturated carbocycles. The number of benzene rings is 1. The van der Waals surface area contributed by atoms with Crippen molar-refractivity contribution in [2.75, 3.05) is 11.8 Å². The predicted octanol–water partition coefficient (Wildman–Crippen LogP) is 2.76. The third-order valence-corrected chi connectivity index (χ3v) is 4.53. The number of nitrogens with zero attached hydrogens (tertiary/aromatic N) is 1. The van der Waals surface area contributed by atoms with Crippen molar-refractivity contribution < 1.29 is 31.1 Å². The van der Waals surface area contributed by atoms with E-state index in [0.717, 1.165) is 6.20 Å². The van der Waals surface area contributed by atoms with E-state index in [1.165, 1.54) is 37.4 Å². The molecule has 1 aromatic carbocycles. The molecule has 0 aliphatic rings. The van der Waals surface area contributed by atoms with Gasteiger partial charge in [0, 0.05) is 18.2 Å². The van der Waals surface area contributed by atoms with Crippen LogP contribution in [0.3, 0.4) is 0 Å². The van der Waals surface area contributed by atoms with Gasteiger partial charge in [0.05, 0.1) is 18.4 Å². The molecule has 0 atom stereocenters. The number of halogens is 3. The molecule has 0 fully saturated rings. The van der Waals surface area contributed by atoms with Crippen molar-refractivity contribution >= 4 is 21.8 Å². The molecule has 0 bridgehead atoms. The average molecular weight is 388 g/mol. The summed E-state index contributed by atoms with van der Waals surface area (Å²) in [4.78, 5) is 15.1. The quantitative estimate of drug-likeness (QED) is 0.738. The molecule has 1 aromatic heterocycles. The van der Waals surface area contributed by atoms with Gasteiger partial charge >= 0.3 is 5.97 Å². The Labute approximate surface area is 148 Å². The first-order valence-electron chi connectivity index (χ1n) is 7.31.